The fourth-order valence-electron chi connectivity index (χ4n) is 4.74. The van der Waals surface area contributed by atoms with E-state index in [4.69, 9.17) is 4.74 Å². The van der Waals surface area contributed by atoms with Gasteiger partial charge in [0.25, 0.3) is 5.91 Å². The minimum absolute atomic E-state index is 0.0211. The van der Waals surface area contributed by atoms with Gasteiger partial charge in [-0.1, -0.05) is 55.5 Å². The Kier molecular flexibility index (Phi) is 5.19. The molecule has 1 saturated heterocycles. The van der Waals surface area contributed by atoms with Crippen molar-refractivity contribution in [3.05, 3.63) is 77.4 Å². The molecular formula is C27H30N2O2. The lowest BCUT2D eigenvalue weighted by Gasteiger charge is -2.39. The highest BCUT2D eigenvalue weighted by Gasteiger charge is 2.46. The molecule has 5 rings (SSSR count). The Bertz CT molecular complexity index is 1110. The maximum absolute atomic E-state index is 13.3. The van der Waals surface area contributed by atoms with Gasteiger partial charge in [-0.2, -0.15) is 0 Å². The summed E-state index contributed by atoms with van der Waals surface area (Å²) in [6, 6.07) is 21.1. The van der Waals surface area contributed by atoms with Crippen molar-refractivity contribution >= 4 is 16.7 Å². The highest BCUT2D eigenvalue weighted by molar-refractivity contribution is 5.97. The number of hydrogen-bond acceptors (Lipinski definition) is 3. The van der Waals surface area contributed by atoms with Gasteiger partial charge in [0.2, 0.25) is 0 Å². The second-order valence-corrected chi connectivity index (χ2v) is 8.92. The van der Waals surface area contributed by atoms with Crippen LogP contribution >= 0.6 is 0 Å². The number of carbonyl (C=O) groups is 1. The van der Waals surface area contributed by atoms with Gasteiger partial charge < -0.3 is 10.1 Å². The monoisotopic (exact) mass is 414 g/mol. The molecule has 1 aliphatic heterocycles. The van der Waals surface area contributed by atoms with E-state index in [1.54, 1.807) is 0 Å². The SMILES string of the molecule is CCN1CCC1COc1ccc(C)c(C(=O)NC2(c3cccc4ccccc34)CC2)c1. The smallest absolute Gasteiger partial charge is 0.252 e. The summed E-state index contributed by atoms with van der Waals surface area (Å²) < 4.78 is 6.05. The van der Waals surface area contributed by atoms with Crippen molar-refractivity contribution in [2.45, 2.75) is 44.7 Å². The normalized spacial score (nSPS) is 19.6. The van der Waals surface area contributed by atoms with Gasteiger partial charge in [0.05, 0.1) is 5.54 Å². The largest absolute Gasteiger partial charge is 0.492 e. The zero-order valence-corrected chi connectivity index (χ0v) is 18.4. The van der Waals surface area contributed by atoms with E-state index in [0.717, 1.165) is 37.2 Å². The molecule has 0 aromatic heterocycles. The number of nitrogens with one attached hydrogen (secondary N) is 1. The molecule has 0 spiro atoms. The molecule has 1 atom stereocenters. The lowest BCUT2D eigenvalue weighted by Crippen LogP contribution is -2.50. The van der Waals surface area contributed by atoms with E-state index >= 15 is 0 Å². The molecule has 1 saturated carbocycles. The summed E-state index contributed by atoms with van der Waals surface area (Å²) in [6.45, 7) is 7.07. The number of likely N-dealkylation sites (tertiary alicyclic amines) is 1. The van der Waals surface area contributed by atoms with Crippen LogP contribution in [-0.4, -0.2) is 36.5 Å². The topological polar surface area (TPSA) is 41.6 Å². The first-order valence-corrected chi connectivity index (χ1v) is 11.4. The summed E-state index contributed by atoms with van der Waals surface area (Å²) in [5, 5.41) is 5.79. The maximum atomic E-state index is 13.3. The molecule has 4 heteroatoms. The van der Waals surface area contributed by atoms with Gasteiger partial charge in [-0.25, -0.2) is 0 Å². The van der Waals surface area contributed by atoms with E-state index in [1.807, 2.05) is 25.1 Å². The number of hydrogen-bond donors (Lipinski definition) is 1. The average Bonchev–Trinajstić information content (AvgIpc) is 3.54. The van der Waals surface area contributed by atoms with E-state index in [0.29, 0.717) is 18.2 Å². The van der Waals surface area contributed by atoms with Crippen molar-refractivity contribution in [2.75, 3.05) is 19.7 Å². The number of amides is 1. The first kappa shape index (κ1) is 20.1. The Morgan fingerprint density at radius 1 is 1.13 bits per heavy atom. The average molecular weight is 415 g/mol. The van der Waals surface area contributed by atoms with Crippen LogP contribution in [0, 0.1) is 6.92 Å². The number of ether oxygens (including phenoxy) is 1. The maximum Gasteiger partial charge on any atom is 0.252 e. The summed E-state index contributed by atoms with van der Waals surface area (Å²) in [4.78, 5) is 15.7. The highest BCUT2D eigenvalue weighted by Crippen LogP contribution is 2.48. The molecule has 2 aliphatic rings. The fourth-order valence-corrected chi connectivity index (χ4v) is 4.74. The lowest BCUT2D eigenvalue weighted by atomic mass is 9.96. The van der Waals surface area contributed by atoms with E-state index in [-0.39, 0.29) is 11.4 Å². The molecule has 1 N–H and O–H groups in total. The van der Waals surface area contributed by atoms with Gasteiger partial charge in [-0.3, -0.25) is 9.69 Å². The van der Waals surface area contributed by atoms with Crippen LogP contribution in [0.25, 0.3) is 10.8 Å². The molecule has 0 bridgehead atoms. The second-order valence-electron chi connectivity index (χ2n) is 8.92. The number of aryl methyl sites for hydroxylation is 1. The van der Waals surface area contributed by atoms with E-state index < -0.39 is 0 Å². The van der Waals surface area contributed by atoms with Crippen LogP contribution in [0.3, 0.4) is 0 Å². The van der Waals surface area contributed by atoms with Crippen LogP contribution < -0.4 is 10.1 Å². The minimum atomic E-state index is -0.269. The Balaban J connectivity index is 1.34. The van der Waals surface area contributed by atoms with Crippen molar-refractivity contribution in [1.29, 1.82) is 0 Å². The molecule has 160 valence electrons. The molecule has 1 heterocycles. The molecule has 0 radical (unpaired) electrons. The molecule has 1 amide bonds. The summed E-state index contributed by atoms with van der Waals surface area (Å²) in [6.07, 6.45) is 3.12. The molecule has 31 heavy (non-hydrogen) atoms. The van der Waals surface area contributed by atoms with Crippen LogP contribution in [0.15, 0.2) is 60.7 Å². The van der Waals surface area contributed by atoms with Crippen LogP contribution in [0.5, 0.6) is 5.75 Å². The number of benzene rings is 3. The van der Waals surface area contributed by atoms with Gasteiger partial charge in [0, 0.05) is 18.2 Å². The van der Waals surface area contributed by atoms with Gasteiger partial charge in [-0.05, 0) is 66.8 Å². The number of fused-ring (bicyclic) bond motifs is 1. The molecule has 4 nitrogen and oxygen atoms in total. The van der Waals surface area contributed by atoms with Crippen molar-refractivity contribution in [3.8, 4) is 5.75 Å². The summed E-state index contributed by atoms with van der Waals surface area (Å²) in [7, 11) is 0. The minimum Gasteiger partial charge on any atom is -0.492 e. The van der Waals surface area contributed by atoms with Gasteiger partial charge in [-0.15, -0.1) is 0 Å². The van der Waals surface area contributed by atoms with Crippen LogP contribution in [0.1, 0.15) is 47.7 Å². The van der Waals surface area contributed by atoms with E-state index in [9.17, 15) is 4.79 Å². The predicted octanol–water partition coefficient (Wildman–Crippen LogP) is 5.04. The molecule has 3 aromatic rings. The molecule has 1 unspecified atom stereocenters. The Hall–Kier alpha value is -2.85. The first-order chi connectivity index (χ1) is 15.1. The van der Waals surface area contributed by atoms with Crippen molar-refractivity contribution in [1.82, 2.24) is 10.2 Å². The number of rotatable bonds is 7. The zero-order chi connectivity index (χ0) is 21.4. The van der Waals surface area contributed by atoms with Crippen molar-refractivity contribution in [2.24, 2.45) is 0 Å². The molecule has 1 aliphatic carbocycles. The van der Waals surface area contributed by atoms with E-state index in [2.05, 4.69) is 59.6 Å². The van der Waals surface area contributed by atoms with Crippen molar-refractivity contribution in [3.63, 3.8) is 0 Å². The number of likely N-dealkylation sites (N-methyl/N-ethyl adjacent to an activating group) is 1. The molecular weight excluding hydrogens is 384 g/mol. The Morgan fingerprint density at radius 2 is 1.94 bits per heavy atom. The first-order valence-electron chi connectivity index (χ1n) is 11.4. The van der Waals surface area contributed by atoms with Gasteiger partial charge in [0.1, 0.15) is 12.4 Å². The van der Waals surface area contributed by atoms with Crippen LogP contribution in [-0.2, 0) is 5.54 Å². The third-order valence-corrected chi connectivity index (χ3v) is 6.98. The fraction of sp³-hybridized carbons (Fsp3) is 0.370. The van der Waals surface area contributed by atoms with Gasteiger partial charge >= 0.3 is 0 Å². The highest BCUT2D eigenvalue weighted by atomic mass is 16.5. The van der Waals surface area contributed by atoms with Crippen LogP contribution in [0.4, 0.5) is 0 Å². The quantitative estimate of drug-likeness (QED) is 0.589. The number of nitrogens with zero attached hydrogens (tertiary/aromatic N) is 1. The third kappa shape index (κ3) is 3.81. The summed E-state index contributed by atoms with van der Waals surface area (Å²) >= 11 is 0. The lowest BCUT2D eigenvalue weighted by molar-refractivity contribution is 0.0560. The molecule has 3 aromatic carbocycles. The zero-order valence-electron chi connectivity index (χ0n) is 18.4. The van der Waals surface area contributed by atoms with Crippen molar-refractivity contribution < 1.29 is 9.53 Å². The van der Waals surface area contributed by atoms with E-state index in [1.165, 1.54) is 22.8 Å². The van der Waals surface area contributed by atoms with Crippen LogP contribution in [0.2, 0.25) is 0 Å². The summed E-state index contributed by atoms with van der Waals surface area (Å²) in [5.74, 6) is 0.751. The second kappa shape index (κ2) is 8.01. The Labute approximate surface area is 184 Å². The molecule has 2 fully saturated rings. The number of carbonyl (C=O) groups excluding carboxylic acids is 1. The Morgan fingerprint density at radius 3 is 2.68 bits per heavy atom. The third-order valence-electron chi connectivity index (χ3n) is 6.98. The predicted molar refractivity (Wildman–Crippen MR) is 125 cm³/mol. The van der Waals surface area contributed by atoms with Gasteiger partial charge in [0.15, 0.2) is 0 Å². The standard InChI is InChI=1S/C27H30N2O2/c1-3-29-16-13-21(29)18-31-22-12-11-19(2)24(17-22)26(30)28-27(14-15-27)25-10-6-8-20-7-4-5-9-23(20)25/h4-12,17,21H,3,13-16,18H2,1-2H3,(H,28,30). The summed E-state index contributed by atoms with van der Waals surface area (Å²) in [5.41, 5.74) is 2.62.